The molecule has 0 spiro atoms. The van der Waals surface area contributed by atoms with Gasteiger partial charge >= 0.3 is 0 Å². The van der Waals surface area contributed by atoms with E-state index in [0.717, 1.165) is 5.39 Å². The molecule has 21 heavy (non-hydrogen) atoms. The van der Waals surface area contributed by atoms with Gasteiger partial charge in [0.1, 0.15) is 6.07 Å². The Hall–Kier alpha value is -2.77. The molecule has 0 atom stereocenters. The van der Waals surface area contributed by atoms with Crippen molar-refractivity contribution in [2.45, 2.75) is 0 Å². The maximum absolute atomic E-state index is 9.24. The second kappa shape index (κ2) is 5.31. The number of pyridine rings is 1. The molecule has 0 saturated heterocycles. The number of nitriles is 1. The van der Waals surface area contributed by atoms with E-state index in [-0.39, 0.29) is 0 Å². The van der Waals surface area contributed by atoms with Crippen molar-refractivity contribution in [3.05, 3.63) is 59.1 Å². The molecule has 3 aromatic rings. The smallest absolute Gasteiger partial charge is 0.221 e. The van der Waals surface area contributed by atoms with E-state index in [4.69, 9.17) is 22.1 Å². The van der Waals surface area contributed by atoms with Gasteiger partial charge in [0.2, 0.25) is 5.88 Å². The van der Waals surface area contributed by atoms with Crippen LogP contribution in [-0.4, -0.2) is 4.98 Å². The van der Waals surface area contributed by atoms with Crippen LogP contribution in [0.4, 0.5) is 5.69 Å². The van der Waals surface area contributed by atoms with Gasteiger partial charge in [-0.3, -0.25) is 0 Å². The first-order valence-electron chi connectivity index (χ1n) is 6.20. The van der Waals surface area contributed by atoms with Crippen molar-refractivity contribution in [1.82, 2.24) is 4.98 Å². The number of hydrogen-bond donors (Lipinski definition) is 1. The Morgan fingerprint density at radius 3 is 2.71 bits per heavy atom. The predicted octanol–water partition coefficient (Wildman–Crippen LogP) is 4.13. The summed E-state index contributed by atoms with van der Waals surface area (Å²) in [6, 6.07) is 16.1. The second-order valence-electron chi connectivity index (χ2n) is 4.42. The largest absolute Gasteiger partial charge is 0.437 e. The molecule has 0 aliphatic carbocycles. The van der Waals surface area contributed by atoms with Gasteiger partial charge in [-0.25, -0.2) is 4.98 Å². The third-order valence-electron chi connectivity index (χ3n) is 3.00. The minimum Gasteiger partial charge on any atom is -0.437 e. The van der Waals surface area contributed by atoms with Crippen molar-refractivity contribution in [1.29, 1.82) is 5.26 Å². The monoisotopic (exact) mass is 295 g/mol. The van der Waals surface area contributed by atoms with Gasteiger partial charge in [-0.15, -0.1) is 0 Å². The third-order valence-corrected chi connectivity index (χ3v) is 3.23. The molecule has 0 bridgehead atoms. The molecule has 1 heterocycles. The highest BCUT2D eigenvalue weighted by Crippen LogP contribution is 2.30. The van der Waals surface area contributed by atoms with Crippen molar-refractivity contribution >= 4 is 28.2 Å². The topological polar surface area (TPSA) is 71.9 Å². The maximum Gasteiger partial charge on any atom is 0.221 e. The zero-order valence-electron chi connectivity index (χ0n) is 10.9. The van der Waals surface area contributed by atoms with Crippen molar-refractivity contribution in [3.63, 3.8) is 0 Å². The van der Waals surface area contributed by atoms with E-state index in [1.54, 1.807) is 24.3 Å². The van der Waals surface area contributed by atoms with Gasteiger partial charge in [0.05, 0.1) is 16.8 Å². The third kappa shape index (κ3) is 2.60. The van der Waals surface area contributed by atoms with Gasteiger partial charge in [0.25, 0.3) is 0 Å². The van der Waals surface area contributed by atoms with Gasteiger partial charge in [0.15, 0.2) is 5.75 Å². The van der Waals surface area contributed by atoms with Crippen LogP contribution in [0.25, 0.3) is 10.9 Å². The number of para-hydroxylation sites is 1. The normalized spacial score (nSPS) is 10.3. The summed E-state index contributed by atoms with van der Waals surface area (Å²) in [4.78, 5) is 4.38. The van der Waals surface area contributed by atoms with Crippen LogP contribution < -0.4 is 10.5 Å². The molecule has 4 nitrogen and oxygen atoms in total. The van der Waals surface area contributed by atoms with Crippen LogP contribution in [0.15, 0.2) is 48.5 Å². The fourth-order valence-corrected chi connectivity index (χ4v) is 2.20. The fourth-order valence-electron chi connectivity index (χ4n) is 2.02. The van der Waals surface area contributed by atoms with Crippen LogP contribution in [0, 0.1) is 11.3 Å². The number of nitrogen functional groups attached to an aromatic ring is 1. The van der Waals surface area contributed by atoms with Gasteiger partial charge in [-0.05, 0) is 24.3 Å². The van der Waals surface area contributed by atoms with E-state index >= 15 is 0 Å². The molecule has 0 amide bonds. The van der Waals surface area contributed by atoms with E-state index in [2.05, 4.69) is 11.1 Å². The van der Waals surface area contributed by atoms with Gasteiger partial charge < -0.3 is 10.5 Å². The van der Waals surface area contributed by atoms with Crippen molar-refractivity contribution < 1.29 is 4.74 Å². The number of halogens is 1. The molecule has 0 unspecified atom stereocenters. The van der Waals surface area contributed by atoms with E-state index in [1.807, 2.05) is 24.3 Å². The summed E-state index contributed by atoms with van der Waals surface area (Å²) in [5.41, 5.74) is 7.46. The minimum atomic E-state index is 0.319. The number of benzene rings is 2. The van der Waals surface area contributed by atoms with Gasteiger partial charge in [-0.2, -0.15) is 5.26 Å². The Balaban J connectivity index is 2.07. The van der Waals surface area contributed by atoms with Crippen LogP contribution in [0.3, 0.4) is 0 Å². The molecule has 3 rings (SSSR count). The number of nitrogens with two attached hydrogens (primary N) is 1. The molecule has 0 aliphatic rings. The Morgan fingerprint density at radius 2 is 1.95 bits per heavy atom. The average Bonchev–Trinajstić information content (AvgIpc) is 2.49. The van der Waals surface area contributed by atoms with E-state index in [0.29, 0.717) is 33.4 Å². The lowest BCUT2D eigenvalue weighted by Crippen LogP contribution is -1.95. The number of hydrogen-bond acceptors (Lipinski definition) is 4. The second-order valence-corrected chi connectivity index (χ2v) is 4.86. The number of fused-ring (bicyclic) bond motifs is 1. The van der Waals surface area contributed by atoms with Crippen LogP contribution in [0.2, 0.25) is 5.02 Å². The summed E-state index contributed by atoms with van der Waals surface area (Å²) in [6.45, 7) is 0. The SMILES string of the molecule is N#Cc1cc(Oc2ccc(Cl)cc2N)nc2ccccc12. The molecule has 0 aliphatic heterocycles. The molecular weight excluding hydrogens is 286 g/mol. The zero-order chi connectivity index (χ0) is 14.8. The highest BCUT2D eigenvalue weighted by atomic mass is 35.5. The first kappa shape index (κ1) is 13.2. The molecular formula is C16H10ClN3O. The van der Waals surface area contributed by atoms with Crippen molar-refractivity contribution in [2.75, 3.05) is 5.73 Å². The average molecular weight is 296 g/mol. The summed E-state index contributed by atoms with van der Waals surface area (Å²) in [5.74, 6) is 0.769. The molecule has 1 aromatic heterocycles. The standard InChI is InChI=1S/C16H10ClN3O/c17-11-5-6-15(13(19)8-11)21-16-7-10(9-18)12-3-1-2-4-14(12)20-16/h1-8H,19H2. The number of rotatable bonds is 2. The lowest BCUT2D eigenvalue weighted by Gasteiger charge is -2.09. The van der Waals surface area contributed by atoms with Crippen molar-refractivity contribution in [2.24, 2.45) is 0 Å². The van der Waals surface area contributed by atoms with E-state index in [9.17, 15) is 5.26 Å². The highest BCUT2D eigenvalue weighted by molar-refractivity contribution is 6.30. The molecule has 0 saturated carbocycles. The highest BCUT2D eigenvalue weighted by Gasteiger charge is 2.08. The molecule has 2 aromatic carbocycles. The summed E-state index contributed by atoms with van der Waals surface area (Å²) in [5, 5.41) is 10.6. The zero-order valence-corrected chi connectivity index (χ0v) is 11.6. The molecule has 2 N–H and O–H groups in total. The molecule has 0 fully saturated rings. The van der Waals surface area contributed by atoms with E-state index in [1.165, 1.54) is 0 Å². The summed E-state index contributed by atoms with van der Waals surface area (Å²) in [7, 11) is 0. The first-order chi connectivity index (χ1) is 10.2. The van der Waals surface area contributed by atoms with Crippen molar-refractivity contribution in [3.8, 4) is 17.7 Å². The Bertz CT molecular complexity index is 871. The lowest BCUT2D eigenvalue weighted by atomic mass is 10.1. The van der Waals surface area contributed by atoms with Crippen LogP contribution in [0.5, 0.6) is 11.6 Å². The number of ether oxygens (including phenoxy) is 1. The van der Waals surface area contributed by atoms with Gasteiger partial charge in [0, 0.05) is 16.5 Å². The Labute approximate surface area is 126 Å². The quantitative estimate of drug-likeness (QED) is 0.721. The maximum atomic E-state index is 9.24. The molecule has 5 heteroatoms. The summed E-state index contributed by atoms with van der Waals surface area (Å²) < 4.78 is 5.67. The Kier molecular flexibility index (Phi) is 3.35. The van der Waals surface area contributed by atoms with Crippen LogP contribution >= 0.6 is 11.6 Å². The summed E-state index contributed by atoms with van der Waals surface area (Å²) in [6.07, 6.45) is 0. The van der Waals surface area contributed by atoms with Gasteiger partial charge in [-0.1, -0.05) is 29.8 Å². The van der Waals surface area contributed by atoms with Crippen LogP contribution in [0.1, 0.15) is 5.56 Å². The van der Waals surface area contributed by atoms with E-state index < -0.39 is 0 Å². The predicted molar refractivity (Wildman–Crippen MR) is 82.4 cm³/mol. The fraction of sp³-hybridized carbons (Fsp3) is 0. The molecule has 0 radical (unpaired) electrons. The lowest BCUT2D eigenvalue weighted by molar-refractivity contribution is 0.467. The number of anilines is 1. The minimum absolute atomic E-state index is 0.319. The Morgan fingerprint density at radius 1 is 1.14 bits per heavy atom. The number of nitrogens with zero attached hydrogens (tertiary/aromatic N) is 2. The van der Waals surface area contributed by atoms with Crippen LogP contribution in [-0.2, 0) is 0 Å². The number of aromatic nitrogens is 1. The molecule has 102 valence electrons. The summed E-state index contributed by atoms with van der Waals surface area (Å²) >= 11 is 5.85. The first-order valence-corrected chi connectivity index (χ1v) is 6.58.